The van der Waals surface area contributed by atoms with E-state index in [9.17, 15) is 19.3 Å². The second-order valence-corrected chi connectivity index (χ2v) is 4.50. The molecular formula is C15H8FN3O4. The lowest BCUT2D eigenvalue weighted by molar-refractivity contribution is -0.385. The van der Waals surface area contributed by atoms with E-state index in [0.717, 1.165) is 18.2 Å². The number of carbonyl (C=O) groups is 1. The zero-order chi connectivity index (χ0) is 16.4. The van der Waals surface area contributed by atoms with Crippen molar-refractivity contribution in [3.05, 3.63) is 70.3 Å². The van der Waals surface area contributed by atoms with Gasteiger partial charge >= 0.3 is 11.7 Å². The van der Waals surface area contributed by atoms with Crippen molar-refractivity contribution in [2.75, 3.05) is 0 Å². The molecule has 0 aliphatic heterocycles. The van der Waals surface area contributed by atoms with Gasteiger partial charge in [0.2, 0.25) is 5.75 Å². The smallest absolute Gasteiger partial charge is 0.364 e. The molecule has 0 amide bonds. The van der Waals surface area contributed by atoms with Gasteiger partial charge < -0.3 is 4.74 Å². The Kier molecular flexibility index (Phi) is 3.63. The summed E-state index contributed by atoms with van der Waals surface area (Å²) in [6.07, 6.45) is 1.19. The number of nitro groups is 1. The first-order valence-corrected chi connectivity index (χ1v) is 6.42. The van der Waals surface area contributed by atoms with Crippen LogP contribution in [0, 0.1) is 15.9 Å². The normalized spacial score (nSPS) is 10.5. The van der Waals surface area contributed by atoms with E-state index in [1.807, 2.05) is 0 Å². The Labute approximate surface area is 128 Å². The van der Waals surface area contributed by atoms with Crippen LogP contribution in [0.5, 0.6) is 5.75 Å². The average molecular weight is 313 g/mol. The van der Waals surface area contributed by atoms with Crippen LogP contribution in [-0.2, 0) is 0 Å². The molecule has 1 heterocycles. The molecule has 0 saturated heterocycles. The summed E-state index contributed by atoms with van der Waals surface area (Å²) in [7, 11) is 0. The molecule has 0 unspecified atom stereocenters. The van der Waals surface area contributed by atoms with Crippen molar-refractivity contribution in [2.24, 2.45) is 0 Å². The van der Waals surface area contributed by atoms with Gasteiger partial charge in [-0.25, -0.2) is 14.2 Å². The molecule has 23 heavy (non-hydrogen) atoms. The lowest BCUT2D eigenvalue weighted by atomic mass is 10.3. The minimum atomic E-state index is -0.961. The van der Waals surface area contributed by atoms with E-state index in [2.05, 4.69) is 9.97 Å². The maximum absolute atomic E-state index is 13.2. The molecule has 0 bridgehead atoms. The number of aromatic nitrogens is 2. The second kappa shape index (κ2) is 5.76. The zero-order valence-corrected chi connectivity index (χ0v) is 11.5. The molecule has 0 aliphatic rings. The number of benzene rings is 2. The van der Waals surface area contributed by atoms with Gasteiger partial charge in [0.15, 0.2) is 5.69 Å². The van der Waals surface area contributed by atoms with Gasteiger partial charge in [0.05, 0.1) is 22.2 Å². The number of hydrogen-bond donors (Lipinski definition) is 0. The van der Waals surface area contributed by atoms with Crippen LogP contribution < -0.4 is 4.74 Å². The summed E-state index contributed by atoms with van der Waals surface area (Å²) in [5.74, 6) is -2.21. The minimum Gasteiger partial charge on any atom is -0.414 e. The number of para-hydroxylation sites is 2. The van der Waals surface area contributed by atoms with Gasteiger partial charge in [-0.2, -0.15) is 0 Å². The highest BCUT2D eigenvalue weighted by Gasteiger charge is 2.21. The van der Waals surface area contributed by atoms with E-state index < -0.39 is 28.1 Å². The first kappa shape index (κ1) is 14.5. The molecular weight excluding hydrogens is 305 g/mol. The molecule has 0 spiro atoms. The summed E-state index contributed by atoms with van der Waals surface area (Å²) in [6, 6.07) is 9.47. The molecule has 0 fully saturated rings. The summed E-state index contributed by atoms with van der Waals surface area (Å²) in [5.41, 5.74) is 0.396. The van der Waals surface area contributed by atoms with E-state index in [1.165, 1.54) is 6.20 Å². The SMILES string of the molecule is O=C(Oc1cc(F)ccc1[N+](=O)[O-])c1cnc2ccccc2n1. The van der Waals surface area contributed by atoms with E-state index in [-0.39, 0.29) is 5.69 Å². The lowest BCUT2D eigenvalue weighted by Crippen LogP contribution is -2.12. The molecule has 0 saturated carbocycles. The third-order valence-electron chi connectivity index (χ3n) is 2.98. The summed E-state index contributed by atoms with van der Waals surface area (Å²) < 4.78 is 18.1. The van der Waals surface area contributed by atoms with E-state index in [1.54, 1.807) is 24.3 Å². The molecule has 0 radical (unpaired) electrons. The molecule has 8 heteroatoms. The molecule has 7 nitrogen and oxygen atoms in total. The molecule has 0 atom stereocenters. The number of rotatable bonds is 3. The fourth-order valence-electron chi connectivity index (χ4n) is 1.93. The number of carbonyl (C=O) groups excluding carboxylic acids is 1. The number of fused-ring (bicyclic) bond motifs is 1. The minimum absolute atomic E-state index is 0.137. The number of esters is 1. The van der Waals surface area contributed by atoms with Crippen LogP contribution in [0.15, 0.2) is 48.7 Å². The average Bonchev–Trinajstić information content (AvgIpc) is 2.54. The number of nitro benzene ring substituents is 1. The predicted octanol–water partition coefficient (Wildman–Crippen LogP) is 2.90. The maximum Gasteiger partial charge on any atom is 0.364 e. The van der Waals surface area contributed by atoms with Crippen molar-refractivity contribution in [3.8, 4) is 5.75 Å². The van der Waals surface area contributed by atoms with Crippen molar-refractivity contribution < 1.29 is 18.8 Å². The van der Waals surface area contributed by atoms with E-state index >= 15 is 0 Å². The van der Waals surface area contributed by atoms with Gasteiger partial charge in [0.1, 0.15) is 5.82 Å². The van der Waals surface area contributed by atoms with Crippen molar-refractivity contribution >= 4 is 22.7 Å². The first-order valence-electron chi connectivity index (χ1n) is 6.42. The Balaban J connectivity index is 1.94. The fourth-order valence-corrected chi connectivity index (χ4v) is 1.93. The highest BCUT2D eigenvalue weighted by molar-refractivity contribution is 5.91. The Morgan fingerprint density at radius 3 is 2.65 bits per heavy atom. The van der Waals surface area contributed by atoms with Gasteiger partial charge in [0, 0.05) is 12.1 Å². The summed E-state index contributed by atoms with van der Waals surface area (Å²) in [6.45, 7) is 0. The largest absolute Gasteiger partial charge is 0.414 e. The van der Waals surface area contributed by atoms with Gasteiger partial charge in [-0.1, -0.05) is 12.1 Å². The van der Waals surface area contributed by atoms with Crippen LogP contribution in [0.3, 0.4) is 0 Å². The van der Waals surface area contributed by atoms with Gasteiger partial charge in [-0.05, 0) is 18.2 Å². The molecule has 3 aromatic rings. The lowest BCUT2D eigenvalue weighted by Gasteiger charge is -2.05. The Morgan fingerprint density at radius 2 is 1.91 bits per heavy atom. The molecule has 0 aliphatic carbocycles. The first-order chi connectivity index (χ1) is 11.0. The number of ether oxygens (including phenoxy) is 1. The molecule has 1 aromatic heterocycles. The topological polar surface area (TPSA) is 95.2 Å². The highest BCUT2D eigenvalue weighted by atomic mass is 19.1. The van der Waals surface area contributed by atoms with Crippen molar-refractivity contribution in [2.45, 2.75) is 0 Å². The second-order valence-electron chi connectivity index (χ2n) is 4.50. The van der Waals surface area contributed by atoms with Crippen molar-refractivity contribution in [1.82, 2.24) is 9.97 Å². The standard InChI is InChI=1S/C15H8FN3O4/c16-9-5-6-13(19(21)22)14(7-9)23-15(20)12-8-17-10-3-1-2-4-11(10)18-12/h1-8H. The van der Waals surface area contributed by atoms with Crippen molar-refractivity contribution in [1.29, 1.82) is 0 Å². The Bertz CT molecular complexity index is 929. The van der Waals surface area contributed by atoms with Gasteiger partial charge in [-0.3, -0.25) is 15.1 Å². The molecule has 2 aromatic carbocycles. The van der Waals surface area contributed by atoms with Gasteiger partial charge in [-0.15, -0.1) is 0 Å². The van der Waals surface area contributed by atoms with E-state index in [4.69, 9.17) is 4.74 Å². The maximum atomic E-state index is 13.2. The molecule has 114 valence electrons. The number of hydrogen-bond acceptors (Lipinski definition) is 6. The van der Waals surface area contributed by atoms with Crippen LogP contribution >= 0.6 is 0 Å². The van der Waals surface area contributed by atoms with Crippen LogP contribution in [0.2, 0.25) is 0 Å². The summed E-state index contributed by atoms with van der Waals surface area (Å²) in [4.78, 5) is 30.3. The van der Waals surface area contributed by atoms with Crippen LogP contribution in [-0.4, -0.2) is 20.9 Å². The summed E-state index contributed by atoms with van der Waals surface area (Å²) in [5, 5.41) is 10.9. The Morgan fingerprint density at radius 1 is 1.17 bits per heavy atom. The number of nitrogens with zero attached hydrogens (tertiary/aromatic N) is 3. The highest BCUT2D eigenvalue weighted by Crippen LogP contribution is 2.28. The zero-order valence-electron chi connectivity index (χ0n) is 11.5. The fraction of sp³-hybridized carbons (Fsp3) is 0. The van der Waals surface area contributed by atoms with Crippen molar-refractivity contribution in [3.63, 3.8) is 0 Å². The molecule has 0 N–H and O–H groups in total. The van der Waals surface area contributed by atoms with Gasteiger partial charge in [0.25, 0.3) is 0 Å². The van der Waals surface area contributed by atoms with Crippen LogP contribution in [0.4, 0.5) is 10.1 Å². The molecule has 3 rings (SSSR count). The number of halogens is 1. The van der Waals surface area contributed by atoms with E-state index in [0.29, 0.717) is 11.0 Å². The summed E-state index contributed by atoms with van der Waals surface area (Å²) >= 11 is 0. The predicted molar refractivity (Wildman–Crippen MR) is 77.6 cm³/mol. The van der Waals surface area contributed by atoms with Crippen LogP contribution in [0.1, 0.15) is 10.5 Å². The van der Waals surface area contributed by atoms with Crippen LogP contribution in [0.25, 0.3) is 11.0 Å². The third kappa shape index (κ3) is 2.95. The quantitative estimate of drug-likeness (QED) is 0.319. The monoisotopic (exact) mass is 313 g/mol. The third-order valence-corrected chi connectivity index (χ3v) is 2.98. The Hall–Kier alpha value is -3.42.